The van der Waals surface area contributed by atoms with E-state index in [4.69, 9.17) is 0 Å². The van der Waals surface area contributed by atoms with Crippen molar-refractivity contribution in [3.05, 3.63) is 71.4 Å². The van der Waals surface area contributed by atoms with Gasteiger partial charge in [-0.25, -0.2) is 0 Å². The van der Waals surface area contributed by atoms with Gasteiger partial charge in [0.1, 0.15) is 0 Å². The Balaban J connectivity index is 1.50. The number of aryl methyl sites for hydroxylation is 2. The number of rotatable bonds is 6. The molecule has 0 bridgehead atoms. The van der Waals surface area contributed by atoms with Crippen molar-refractivity contribution in [2.75, 3.05) is 6.54 Å². The molecule has 0 aliphatic rings. The first-order valence-corrected chi connectivity index (χ1v) is 8.11. The molecule has 2 N–H and O–H groups in total. The van der Waals surface area contributed by atoms with Crippen molar-refractivity contribution in [3.63, 3.8) is 0 Å². The van der Waals surface area contributed by atoms with Gasteiger partial charge >= 0.3 is 0 Å². The monoisotopic (exact) mass is 306 g/mol. The number of carbonyl (C=O) groups excluding carboxylic acids is 1. The molecule has 0 unspecified atom stereocenters. The zero-order valence-corrected chi connectivity index (χ0v) is 13.4. The van der Waals surface area contributed by atoms with E-state index in [0.29, 0.717) is 13.0 Å². The molecule has 0 aliphatic carbocycles. The summed E-state index contributed by atoms with van der Waals surface area (Å²) in [5.74, 6) is 0.117. The fourth-order valence-corrected chi connectivity index (χ4v) is 2.97. The number of nitrogens with one attached hydrogen (secondary N) is 2. The number of benzene rings is 2. The molecule has 0 aliphatic heterocycles. The molecule has 0 spiro atoms. The van der Waals surface area contributed by atoms with Gasteiger partial charge < -0.3 is 10.3 Å². The quantitative estimate of drug-likeness (QED) is 0.715. The highest BCUT2D eigenvalue weighted by atomic mass is 16.1. The lowest BCUT2D eigenvalue weighted by Crippen LogP contribution is -2.26. The van der Waals surface area contributed by atoms with Gasteiger partial charge in [-0.15, -0.1) is 0 Å². The van der Waals surface area contributed by atoms with Crippen LogP contribution in [0.5, 0.6) is 0 Å². The molecule has 1 heterocycles. The Kier molecular flexibility index (Phi) is 4.77. The number of carbonyl (C=O) groups is 1. The number of H-pyrrole nitrogens is 1. The molecular formula is C20H22N2O. The highest BCUT2D eigenvalue weighted by molar-refractivity contribution is 5.84. The minimum absolute atomic E-state index is 0.117. The number of hydrogen-bond acceptors (Lipinski definition) is 1. The van der Waals surface area contributed by atoms with Crippen molar-refractivity contribution in [2.45, 2.75) is 26.2 Å². The molecule has 3 heteroatoms. The summed E-state index contributed by atoms with van der Waals surface area (Å²) in [4.78, 5) is 15.4. The van der Waals surface area contributed by atoms with Gasteiger partial charge in [0.25, 0.3) is 0 Å². The largest absolute Gasteiger partial charge is 0.358 e. The number of para-hydroxylation sites is 1. The molecule has 0 radical (unpaired) electrons. The van der Waals surface area contributed by atoms with Crippen LogP contribution in [0.25, 0.3) is 10.9 Å². The summed E-state index contributed by atoms with van der Waals surface area (Å²) in [6.45, 7) is 2.77. The first-order valence-electron chi connectivity index (χ1n) is 8.11. The standard InChI is InChI=1S/C20H22N2O/c1-15-17(18-9-5-6-10-19(18)22-15)13-14-21-20(23)12-11-16-7-3-2-4-8-16/h2-10,22H,11-14H2,1H3,(H,21,23). The number of aromatic amines is 1. The van der Waals surface area contributed by atoms with Crippen molar-refractivity contribution in [1.29, 1.82) is 0 Å². The summed E-state index contributed by atoms with van der Waals surface area (Å²) in [6.07, 6.45) is 2.18. The molecule has 0 saturated heterocycles. The van der Waals surface area contributed by atoms with Crippen LogP contribution in [0.4, 0.5) is 0 Å². The number of amides is 1. The van der Waals surface area contributed by atoms with E-state index in [1.807, 2.05) is 24.3 Å². The molecule has 1 amide bonds. The molecule has 3 rings (SSSR count). The van der Waals surface area contributed by atoms with Crippen molar-refractivity contribution in [3.8, 4) is 0 Å². The van der Waals surface area contributed by atoms with Crippen LogP contribution in [0.1, 0.15) is 23.2 Å². The summed E-state index contributed by atoms with van der Waals surface area (Å²) in [5, 5.41) is 4.28. The zero-order chi connectivity index (χ0) is 16.1. The van der Waals surface area contributed by atoms with Crippen LogP contribution in [-0.4, -0.2) is 17.4 Å². The maximum Gasteiger partial charge on any atom is 0.220 e. The molecule has 0 fully saturated rings. The maximum atomic E-state index is 12.0. The van der Waals surface area contributed by atoms with E-state index < -0.39 is 0 Å². The van der Waals surface area contributed by atoms with Crippen molar-refractivity contribution < 1.29 is 4.79 Å². The summed E-state index contributed by atoms with van der Waals surface area (Å²) < 4.78 is 0. The van der Waals surface area contributed by atoms with Crippen LogP contribution < -0.4 is 5.32 Å². The Labute approximate surface area is 136 Å². The number of fused-ring (bicyclic) bond motifs is 1. The molecule has 3 nitrogen and oxygen atoms in total. The minimum Gasteiger partial charge on any atom is -0.358 e. The highest BCUT2D eigenvalue weighted by Crippen LogP contribution is 2.21. The molecule has 3 aromatic rings. The average molecular weight is 306 g/mol. The fraction of sp³-hybridized carbons (Fsp3) is 0.250. The van der Waals surface area contributed by atoms with E-state index in [2.05, 4.69) is 47.6 Å². The van der Waals surface area contributed by atoms with Crippen molar-refractivity contribution >= 4 is 16.8 Å². The van der Waals surface area contributed by atoms with E-state index in [1.54, 1.807) is 0 Å². The summed E-state index contributed by atoms with van der Waals surface area (Å²) in [5.41, 5.74) is 4.85. The molecule has 118 valence electrons. The zero-order valence-electron chi connectivity index (χ0n) is 13.4. The van der Waals surface area contributed by atoms with E-state index in [9.17, 15) is 4.79 Å². The van der Waals surface area contributed by atoms with Crippen LogP contribution in [0.3, 0.4) is 0 Å². The predicted octanol–water partition coefficient (Wildman–Crippen LogP) is 3.77. The normalized spacial score (nSPS) is 10.8. The third-order valence-electron chi connectivity index (χ3n) is 4.21. The fourth-order valence-electron chi connectivity index (χ4n) is 2.97. The Morgan fingerprint density at radius 3 is 2.57 bits per heavy atom. The Bertz CT molecular complexity index is 790. The molecule has 23 heavy (non-hydrogen) atoms. The SMILES string of the molecule is Cc1[nH]c2ccccc2c1CCNC(=O)CCc1ccccc1. The van der Waals surface area contributed by atoms with E-state index in [0.717, 1.165) is 18.4 Å². The van der Waals surface area contributed by atoms with Gasteiger partial charge in [-0.2, -0.15) is 0 Å². The van der Waals surface area contributed by atoms with Crippen LogP contribution in [0, 0.1) is 6.92 Å². The molecule has 2 aromatic carbocycles. The van der Waals surface area contributed by atoms with E-state index in [-0.39, 0.29) is 5.91 Å². The van der Waals surface area contributed by atoms with Gasteiger partial charge in [-0.05, 0) is 37.0 Å². The topological polar surface area (TPSA) is 44.9 Å². The van der Waals surface area contributed by atoms with Gasteiger partial charge in [0.05, 0.1) is 0 Å². The van der Waals surface area contributed by atoms with Crippen LogP contribution in [0.15, 0.2) is 54.6 Å². The molecule has 1 aromatic heterocycles. The summed E-state index contributed by atoms with van der Waals surface area (Å²) in [7, 11) is 0. The van der Waals surface area contributed by atoms with Crippen molar-refractivity contribution in [2.24, 2.45) is 0 Å². The molecule has 0 saturated carbocycles. The maximum absolute atomic E-state index is 12.0. The number of aromatic nitrogens is 1. The lowest BCUT2D eigenvalue weighted by atomic mass is 10.1. The first-order chi connectivity index (χ1) is 11.2. The summed E-state index contributed by atoms with van der Waals surface area (Å²) >= 11 is 0. The van der Waals surface area contributed by atoms with Crippen LogP contribution >= 0.6 is 0 Å². The number of hydrogen-bond donors (Lipinski definition) is 2. The average Bonchev–Trinajstić information content (AvgIpc) is 2.90. The second-order valence-corrected chi connectivity index (χ2v) is 5.86. The Morgan fingerprint density at radius 1 is 1.00 bits per heavy atom. The molecular weight excluding hydrogens is 284 g/mol. The second kappa shape index (κ2) is 7.14. The highest BCUT2D eigenvalue weighted by Gasteiger charge is 2.08. The predicted molar refractivity (Wildman–Crippen MR) is 94.5 cm³/mol. The van der Waals surface area contributed by atoms with Gasteiger partial charge in [0.15, 0.2) is 0 Å². The molecule has 0 atom stereocenters. The van der Waals surface area contributed by atoms with Crippen LogP contribution in [-0.2, 0) is 17.6 Å². The van der Waals surface area contributed by atoms with E-state index in [1.165, 1.54) is 22.2 Å². The van der Waals surface area contributed by atoms with Crippen molar-refractivity contribution in [1.82, 2.24) is 10.3 Å². The third kappa shape index (κ3) is 3.81. The second-order valence-electron chi connectivity index (χ2n) is 5.86. The van der Waals surface area contributed by atoms with Gasteiger partial charge in [-0.3, -0.25) is 4.79 Å². The smallest absolute Gasteiger partial charge is 0.220 e. The minimum atomic E-state index is 0.117. The van der Waals surface area contributed by atoms with Gasteiger partial charge in [0, 0.05) is 29.6 Å². The lowest BCUT2D eigenvalue weighted by Gasteiger charge is -2.06. The van der Waals surface area contributed by atoms with E-state index >= 15 is 0 Å². The Morgan fingerprint density at radius 2 is 1.74 bits per heavy atom. The van der Waals surface area contributed by atoms with Gasteiger partial charge in [0.2, 0.25) is 5.91 Å². The third-order valence-corrected chi connectivity index (χ3v) is 4.21. The first kappa shape index (κ1) is 15.3. The summed E-state index contributed by atoms with van der Waals surface area (Å²) in [6, 6.07) is 18.4. The van der Waals surface area contributed by atoms with Gasteiger partial charge in [-0.1, -0.05) is 48.5 Å². The van der Waals surface area contributed by atoms with Crippen LogP contribution in [0.2, 0.25) is 0 Å². The lowest BCUT2D eigenvalue weighted by molar-refractivity contribution is -0.121. The Hall–Kier alpha value is -2.55.